The second-order valence-corrected chi connectivity index (χ2v) is 6.77. The van der Waals surface area contributed by atoms with Gasteiger partial charge in [-0.2, -0.15) is 0 Å². The lowest BCUT2D eigenvalue weighted by molar-refractivity contribution is -0.150. The maximum atomic E-state index is 11.7. The SMILES string of the molecule is COC(=O)[C@H](O)[C@@H](Sc1sccc1N)c1ccc(OC)cc1. The molecule has 1 aromatic heterocycles. The number of thiophene rings is 1. The van der Waals surface area contributed by atoms with E-state index < -0.39 is 17.3 Å². The van der Waals surface area contributed by atoms with Crippen LogP contribution in [0.25, 0.3) is 0 Å². The van der Waals surface area contributed by atoms with E-state index in [0.717, 1.165) is 9.77 Å². The van der Waals surface area contributed by atoms with E-state index >= 15 is 0 Å². The highest BCUT2D eigenvalue weighted by Gasteiger charge is 2.30. The summed E-state index contributed by atoms with van der Waals surface area (Å²) >= 11 is 2.81. The second kappa shape index (κ2) is 7.53. The van der Waals surface area contributed by atoms with E-state index in [9.17, 15) is 9.90 Å². The largest absolute Gasteiger partial charge is 0.497 e. The summed E-state index contributed by atoms with van der Waals surface area (Å²) in [7, 11) is 2.83. The molecule has 0 saturated heterocycles. The number of aliphatic hydroxyl groups excluding tert-OH is 1. The quantitative estimate of drug-likeness (QED) is 0.622. The number of ether oxygens (including phenoxy) is 2. The number of thioether (sulfide) groups is 1. The predicted molar refractivity (Wildman–Crippen MR) is 88.3 cm³/mol. The van der Waals surface area contributed by atoms with Gasteiger partial charge in [-0.3, -0.25) is 0 Å². The van der Waals surface area contributed by atoms with Crippen molar-refractivity contribution in [2.45, 2.75) is 15.6 Å². The standard InChI is InChI=1S/C15H17NO4S2/c1-19-10-5-3-9(4-6-10)13(12(17)14(18)20-2)22-15-11(16)7-8-21-15/h3-8,12-13,17H,16H2,1-2H3/t12-,13+/m1/s1. The fourth-order valence-electron chi connectivity index (χ4n) is 1.87. The molecule has 5 nitrogen and oxygen atoms in total. The summed E-state index contributed by atoms with van der Waals surface area (Å²) in [4.78, 5) is 11.7. The number of anilines is 1. The second-order valence-electron chi connectivity index (χ2n) is 4.44. The summed E-state index contributed by atoms with van der Waals surface area (Å²) in [5, 5.41) is 11.6. The summed E-state index contributed by atoms with van der Waals surface area (Å²) in [6.07, 6.45) is -1.29. The first-order valence-corrected chi connectivity index (χ1v) is 8.22. The number of benzene rings is 1. The van der Waals surface area contributed by atoms with Crippen LogP contribution in [0.3, 0.4) is 0 Å². The molecule has 0 unspecified atom stereocenters. The molecule has 0 aliphatic rings. The fourth-order valence-corrected chi connectivity index (χ4v) is 4.08. The van der Waals surface area contributed by atoms with E-state index in [1.165, 1.54) is 30.2 Å². The topological polar surface area (TPSA) is 81.8 Å². The van der Waals surface area contributed by atoms with Crippen molar-refractivity contribution in [2.24, 2.45) is 0 Å². The van der Waals surface area contributed by atoms with E-state index in [2.05, 4.69) is 4.74 Å². The number of nitrogen functional groups attached to an aromatic ring is 1. The zero-order chi connectivity index (χ0) is 16.1. The molecule has 2 rings (SSSR count). The number of rotatable bonds is 6. The minimum atomic E-state index is -1.29. The van der Waals surface area contributed by atoms with Crippen molar-refractivity contribution in [2.75, 3.05) is 20.0 Å². The summed E-state index contributed by atoms with van der Waals surface area (Å²) in [6.45, 7) is 0. The molecule has 1 heterocycles. The number of hydrogen-bond donors (Lipinski definition) is 2. The Labute approximate surface area is 137 Å². The lowest BCUT2D eigenvalue weighted by atomic mass is 10.1. The normalized spacial score (nSPS) is 13.4. The summed E-state index contributed by atoms with van der Waals surface area (Å²) in [5.74, 6) is 0.0270. The maximum Gasteiger partial charge on any atom is 0.336 e. The van der Waals surface area contributed by atoms with Crippen molar-refractivity contribution in [3.63, 3.8) is 0 Å². The molecule has 0 amide bonds. The molecule has 1 aromatic carbocycles. The Bertz CT molecular complexity index is 627. The van der Waals surface area contributed by atoms with E-state index in [1.54, 1.807) is 25.3 Å². The lowest BCUT2D eigenvalue weighted by Gasteiger charge is -2.21. The lowest BCUT2D eigenvalue weighted by Crippen LogP contribution is -2.27. The first-order chi connectivity index (χ1) is 10.6. The van der Waals surface area contributed by atoms with Crippen LogP contribution in [0.1, 0.15) is 10.8 Å². The van der Waals surface area contributed by atoms with Crippen LogP contribution in [0.4, 0.5) is 5.69 Å². The molecule has 3 N–H and O–H groups in total. The monoisotopic (exact) mass is 339 g/mol. The number of carbonyl (C=O) groups is 1. The molecule has 0 saturated carbocycles. The first kappa shape index (κ1) is 16.7. The van der Waals surface area contributed by atoms with Crippen LogP contribution >= 0.6 is 23.1 Å². The molecular weight excluding hydrogens is 322 g/mol. The average molecular weight is 339 g/mol. The zero-order valence-electron chi connectivity index (χ0n) is 12.2. The summed E-state index contributed by atoms with van der Waals surface area (Å²) in [6, 6.07) is 8.98. The third-order valence-corrected chi connectivity index (χ3v) is 5.60. The Hall–Kier alpha value is -1.70. The van der Waals surface area contributed by atoms with Crippen LogP contribution in [0.15, 0.2) is 39.9 Å². The van der Waals surface area contributed by atoms with Crippen molar-refractivity contribution in [1.82, 2.24) is 0 Å². The van der Waals surface area contributed by atoms with Gasteiger partial charge >= 0.3 is 5.97 Å². The van der Waals surface area contributed by atoms with Gasteiger partial charge in [0.1, 0.15) is 5.75 Å². The van der Waals surface area contributed by atoms with Gasteiger partial charge in [0.25, 0.3) is 0 Å². The number of carbonyl (C=O) groups excluding carboxylic acids is 1. The molecule has 0 aliphatic heterocycles. The average Bonchev–Trinajstić information content (AvgIpc) is 2.96. The highest BCUT2D eigenvalue weighted by Crippen LogP contribution is 2.43. The smallest absolute Gasteiger partial charge is 0.336 e. The molecule has 118 valence electrons. The van der Waals surface area contributed by atoms with Crippen molar-refractivity contribution in [1.29, 1.82) is 0 Å². The predicted octanol–water partition coefficient (Wildman–Crippen LogP) is 2.71. The van der Waals surface area contributed by atoms with Crippen LogP contribution in [0.2, 0.25) is 0 Å². The number of methoxy groups -OCH3 is 2. The van der Waals surface area contributed by atoms with Gasteiger partial charge in [-0.15, -0.1) is 23.1 Å². The highest BCUT2D eigenvalue weighted by atomic mass is 32.2. The summed E-state index contributed by atoms with van der Waals surface area (Å²) < 4.78 is 10.6. The van der Waals surface area contributed by atoms with Crippen LogP contribution in [0, 0.1) is 0 Å². The molecule has 0 bridgehead atoms. The Morgan fingerprint density at radius 1 is 1.27 bits per heavy atom. The van der Waals surface area contributed by atoms with Crippen molar-refractivity contribution in [3.8, 4) is 5.75 Å². The van der Waals surface area contributed by atoms with Crippen molar-refractivity contribution < 1.29 is 19.4 Å². The van der Waals surface area contributed by atoms with Crippen molar-refractivity contribution in [3.05, 3.63) is 41.3 Å². The van der Waals surface area contributed by atoms with E-state index in [1.807, 2.05) is 17.5 Å². The van der Waals surface area contributed by atoms with Gasteiger partial charge in [0.05, 0.1) is 29.4 Å². The summed E-state index contributed by atoms with van der Waals surface area (Å²) in [5.41, 5.74) is 7.31. The van der Waals surface area contributed by atoms with Crippen LogP contribution in [-0.4, -0.2) is 31.4 Å². The van der Waals surface area contributed by atoms with Crippen LogP contribution in [0.5, 0.6) is 5.75 Å². The van der Waals surface area contributed by atoms with Gasteiger partial charge in [-0.1, -0.05) is 12.1 Å². The Morgan fingerprint density at radius 3 is 2.45 bits per heavy atom. The van der Waals surface area contributed by atoms with Gasteiger partial charge in [0.15, 0.2) is 6.10 Å². The van der Waals surface area contributed by atoms with E-state index in [4.69, 9.17) is 10.5 Å². The molecule has 0 radical (unpaired) electrons. The third kappa shape index (κ3) is 3.73. The molecule has 2 aromatic rings. The molecule has 7 heteroatoms. The molecular formula is C15H17NO4S2. The number of aliphatic hydroxyl groups is 1. The third-order valence-electron chi connectivity index (χ3n) is 3.07. The first-order valence-electron chi connectivity index (χ1n) is 6.46. The minimum Gasteiger partial charge on any atom is -0.497 e. The Kier molecular flexibility index (Phi) is 5.70. The van der Waals surface area contributed by atoms with Crippen molar-refractivity contribution >= 4 is 34.8 Å². The fraction of sp³-hybridized carbons (Fsp3) is 0.267. The molecule has 0 spiro atoms. The molecule has 2 atom stereocenters. The Morgan fingerprint density at radius 2 is 1.95 bits per heavy atom. The van der Waals surface area contributed by atoms with Gasteiger partial charge in [0, 0.05) is 0 Å². The highest BCUT2D eigenvalue weighted by molar-refractivity contribution is 8.01. The Balaban J connectivity index is 2.31. The van der Waals surface area contributed by atoms with Gasteiger partial charge in [0.2, 0.25) is 0 Å². The van der Waals surface area contributed by atoms with Gasteiger partial charge in [-0.05, 0) is 29.1 Å². The number of nitrogens with two attached hydrogens (primary N) is 1. The number of hydrogen-bond acceptors (Lipinski definition) is 7. The number of esters is 1. The molecule has 0 aliphatic carbocycles. The molecule has 0 fully saturated rings. The maximum absolute atomic E-state index is 11.7. The van der Waals surface area contributed by atoms with E-state index in [-0.39, 0.29) is 0 Å². The van der Waals surface area contributed by atoms with Crippen LogP contribution in [-0.2, 0) is 9.53 Å². The molecule has 22 heavy (non-hydrogen) atoms. The van der Waals surface area contributed by atoms with Gasteiger partial charge < -0.3 is 20.3 Å². The van der Waals surface area contributed by atoms with Crippen LogP contribution < -0.4 is 10.5 Å². The van der Waals surface area contributed by atoms with E-state index in [0.29, 0.717) is 11.4 Å². The zero-order valence-corrected chi connectivity index (χ0v) is 13.8. The van der Waals surface area contributed by atoms with Gasteiger partial charge in [-0.25, -0.2) is 4.79 Å². The minimum absolute atomic E-state index is 0.515.